The van der Waals surface area contributed by atoms with Gasteiger partial charge >= 0.3 is 6.18 Å². The Labute approximate surface area is 174 Å². The van der Waals surface area contributed by atoms with Crippen molar-refractivity contribution in [3.63, 3.8) is 0 Å². The molecule has 1 heterocycles. The number of hydrogen-bond acceptors (Lipinski definition) is 4. The van der Waals surface area contributed by atoms with Gasteiger partial charge in [-0.2, -0.15) is 13.2 Å². The molecule has 10 heteroatoms. The first-order valence-corrected chi connectivity index (χ1v) is 9.40. The minimum atomic E-state index is -4.50. The Morgan fingerprint density at radius 3 is 2.42 bits per heavy atom. The van der Waals surface area contributed by atoms with Gasteiger partial charge in [0.2, 0.25) is 5.91 Å². The molecule has 7 nitrogen and oxygen atoms in total. The van der Waals surface area contributed by atoms with Gasteiger partial charge in [0.15, 0.2) is 0 Å². The topological polar surface area (TPSA) is 95.2 Å². The molecule has 1 aromatic heterocycles. The molecular weight excluding hydrogens is 413 g/mol. The summed E-state index contributed by atoms with van der Waals surface area (Å²) in [5.74, 6) is -0.804. The number of alkyl halides is 3. The first-order chi connectivity index (χ1) is 14.7. The Kier molecular flexibility index (Phi) is 6.38. The molecule has 0 aliphatic carbocycles. The van der Waals surface area contributed by atoms with Crippen molar-refractivity contribution in [3.05, 3.63) is 75.8 Å². The van der Waals surface area contributed by atoms with Crippen molar-refractivity contribution in [1.82, 2.24) is 20.2 Å². The standard InChI is InChI=1S/C21H19F3N4O3/c1-2-28(12-17-26-16-6-4-3-5-15(16)20(31)27-17)18(29)11-25-19(30)13-7-9-14(10-8-13)21(22,23)24/h3-10H,2,11-12H2,1H3,(H,25,30)(H,26,27,31). The number of carbonyl (C=O) groups excluding carboxylic acids is 2. The summed E-state index contributed by atoms with van der Waals surface area (Å²) < 4.78 is 37.8. The van der Waals surface area contributed by atoms with Crippen LogP contribution in [0.3, 0.4) is 0 Å². The van der Waals surface area contributed by atoms with Crippen molar-refractivity contribution in [2.24, 2.45) is 0 Å². The third kappa shape index (κ3) is 5.27. The Morgan fingerprint density at radius 2 is 1.77 bits per heavy atom. The van der Waals surface area contributed by atoms with Crippen molar-refractivity contribution >= 4 is 22.7 Å². The summed E-state index contributed by atoms with van der Waals surface area (Å²) in [7, 11) is 0. The summed E-state index contributed by atoms with van der Waals surface area (Å²) in [6.45, 7) is 1.71. The summed E-state index contributed by atoms with van der Waals surface area (Å²) in [6, 6.07) is 10.5. The van der Waals surface area contributed by atoms with Gasteiger partial charge < -0.3 is 15.2 Å². The van der Waals surface area contributed by atoms with E-state index in [1.807, 2.05) is 0 Å². The van der Waals surface area contributed by atoms with E-state index in [1.54, 1.807) is 31.2 Å². The Morgan fingerprint density at radius 1 is 1.10 bits per heavy atom. The molecule has 162 valence electrons. The number of halogens is 3. The third-order valence-corrected chi connectivity index (χ3v) is 4.61. The van der Waals surface area contributed by atoms with Gasteiger partial charge in [-0.25, -0.2) is 4.98 Å². The quantitative estimate of drug-likeness (QED) is 0.626. The Bertz CT molecular complexity index is 1160. The van der Waals surface area contributed by atoms with E-state index in [1.165, 1.54) is 4.90 Å². The van der Waals surface area contributed by atoms with Crippen LogP contribution in [0.2, 0.25) is 0 Å². The molecule has 31 heavy (non-hydrogen) atoms. The lowest BCUT2D eigenvalue weighted by atomic mass is 10.1. The lowest BCUT2D eigenvalue weighted by molar-refractivity contribution is -0.137. The zero-order valence-corrected chi connectivity index (χ0v) is 16.5. The predicted octanol–water partition coefficient (Wildman–Crippen LogP) is 2.72. The van der Waals surface area contributed by atoms with Crippen LogP contribution in [-0.4, -0.2) is 39.8 Å². The highest BCUT2D eigenvalue weighted by molar-refractivity contribution is 5.96. The highest BCUT2D eigenvalue weighted by Gasteiger charge is 2.30. The van der Waals surface area contributed by atoms with E-state index in [4.69, 9.17) is 0 Å². The zero-order valence-electron chi connectivity index (χ0n) is 16.5. The number of hydrogen-bond donors (Lipinski definition) is 2. The number of nitrogens with zero attached hydrogens (tertiary/aromatic N) is 2. The van der Waals surface area contributed by atoms with Gasteiger partial charge in [-0.05, 0) is 43.3 Å². The number of benzene rings is 2. The highest BCUT2D eigenvalue weighted by Crippen LogP contribution is 2.29. The first kappa shape index (κ1) is 22.0. The van der Waals surface area contributed by atoms with Crippen LogP contribution in [0.25, 0.3) is 10.9 Å². The fourth-order valence-corrected chi connectivity index (χ4v) is 2.95. The molecule has 2 amide bonds. The maximum Gasteiger partial charge on any atom is 0.416 e. The van der Waals surface area contributed by atoms with E-state index in [0.717, 1.165) is 24.3 Å². The molecule has 0 spiro atoms. The number of para-hydroxylation sites is 1. The van der Waals surface area contributed by atoms with Gasteiger partial charge in [0, 0.05) is 12.1 Å². The number of likely N-dealkylation sites (N-methyl/N-ethyl adjacent to an activating group) is 1. The van der Waals surface area contributed by atoms with Crippen LogP contribution in [0.15, 0.2) is 53.3 Å². The van der Waals surface area contributed by atoms with Crippen molar-refractivity contribution in [2.45, 2.75) is 19.6 Å². The molecule has 3 aromatic rings. The highest BCUT2D eigenvalue weighted by atomic mass is 19.4. The van der Waals surface area contributed by atoms with E-state index >= 15 is 0 Å². The zero-order chi connectivity index (χ0) is 22.6. The number of aromatic nitrogens is 2. The maximum atomic E-state index is 12.6. The summed E-state index contributed by atoms with van der Waals surface area (Å²) in [4.78, 5) is 45.2. The van der Waals surface area contributed by atoms with Gasteiger partial charge in [-0.3, -0.25) is 14.4 Å². The normalized spacial score (nSPS) is 11.4. The fourth-order valence-electron chi connectivity index (χ4n) is 2.95. The molecule has 0 saturated carbocycles. The summed E-state index contributed by atoms with van der Waals surface area (Å²) in [5, 5.41) is 2.83. The molecule has 0 atom stereocenters. The summed E-state index contributed by atoms with van der Waals surface area (Å²) in [6.07, 6.45) is -4.50. The first-order valence-electron chi connectivity index (χ1n) is 9.40. The molecule has 0 unspecified atom stereocenters. The van der Waals surface area contributed by atoms with Gasteiger partial charge in [0.05, 0.1) is 29.6 Å². The minimum absolute atomic E-state index is 0.00405. The monoisotopic (exact) mass is 432 g/mol. The average molecular weight is 432 g/mol. The SMILES string of the molecule is CCN(Cc1nc2ccccc2c(=O)[nH]1)C(=O)CNC(=O)c1ccc(C(F)(F)F)cc1. The number of fused-ring (bicyclic) bond motifs is 1. The van der Waals surface area contributed by atoms with E-state index in [2.05, 4.69) is 15.3 Å². The van der Waals surface area contributed by atoms with Crippen LogP contribution in [0, 0.1) is 0 Å². The maximum absolute atomic E-state index is 12.6. The van der Waals surface area contributed by atoms with Crippen LogP contribution in [0.5, 0.6) is 0 Å². The lowest BCUT2D eigenvalue weighted by Gasteiger charge is -2.20. The number of nitrogens with one attached hydrogen (secondary N) is 2. The van der Waals surface area contributed by atoms with Crippen LogP contribution in [-0.2, 0) is 17.5 Å². The molecule has 2 aromatic carbocycles. The molecule has 0 aliphatic rings. The number of amides is 2. The van der Waals surface area contributed by atoms with Crippen LogP contribution in [0.1, 0.15) is 28.7 Å². The number of rotatable bonds is 6. The van der Waals surface area contributed by atoms with Gasteiger partial charge in [-0.15, -0.1) is 0 Å². The molecule has 0 bridgehead atoms. The number of aromatic amines is 1. The largest absolute Gasteiger partial charge is 0.416 e. The smallest absolute Gasteiger partial charge is 0.343 e. The third-order valence-electron chi connectivity index (χ3n) is 4.61. The van der Waals surface area contributed by atoms with Gasteiger partial charge in [0.1, 0.15) is 5.82 Å². The van der Waals surface area contributed by atoms with Crippen molar-refractivity contribution in [3.8, 4) is 0 Å². The van der Waals surface area contributed by atoms with Crippen molar-refractivity contribution < 1.29 is 22.8 Å². The lowest BCUT2D eigenvalue weighted by Crippen LogP contribution is -2.40. The molecule has 0 saturated heterocycles. The number of carbonyl (C=O) groups is 2. The predicted molar refractivity (Wildman–Crippen MR) is 107 cm³/mol. The van der Waals surface area contributed by atoms with Crippen LogP contribution < -0.4 is 10.9 Å². The Balaban J connectivity index is 1.63. The average Bonchev–Trinajstić information content (AvgIpc) is 2.75. The molecular formula is C21H19F3N4O3. The molecule has 2 N–H and O–H groups in total. The summed E-state index contributed by atoms with van der Waals surface area (Å²) in [5.41, 5.74) is -0.682. The Hall–Kier alpha value is -3.69. The van der Waals surface area contributed by atoms with E-state index in [9.17, 15) is 27.6 Å². The van der Waals surface area contributed by atoms with E-state index in [0.29, 0.717) is 23.3 Å². The van der Waals surface area contributed by atoms with Crippen LogP contribution in [0.4, 0.5) is 13.2 Å². The molecule has 0 fully saturated rings. The van der Waals surface area contributed by atoms with Crippen molar-refractivity contribution in [2.75, 3.05) is 13.1 Å². The fraction of sp³-hybridized carbons (Fsp3) is 0.238. The van der Waals surface area contributed by atoms with Gasteiger partial charge in [-0.1, -0.05) is 12.1 Å². The van der Waals surface area contributed by atoms with Gasteiger partial charge in [0.25, 0.3) is 11.5 Å². The minimum Gasteiger partial charge on any atom is -0.343 e. The number of H-pyrrole nitrogens is 1. The summed E-state index contributed by atoms with van der Waals surface area (Å²) >= 11 is 0. The molecule has 0 radical (unpaired) electrons. The van der Waals surface area contributed by atoms with E-state index < -0.39 is 23.6 Å². The molecule has 3 rings (SSSR count). The second kappa shape index (κ2) is 8.99. The molecule has 0 aliphatic heterocycles. The van der Waals surface area contributed by atoms with E-state index in [-0.39, 0.29) is 24.2 Å². The second-order valence-electron chi connectivity index (χ2n) is 6.70. The second-order valence-corrected chi connectivity index (χ2v) is 6.70. The van der Waals surface area contributed by atoms with Crippen LogP contribution >= 0.6 is 0 Å². The van der Waals surface area contributed by atoms with Crippen molar-refractivity contribution in [1.29, 1.82) is 0 Å².